The summed E-state index contributed by atoms with van der Waals surface area (Å²) in [4.78, 5) is 16.9. The first kappa shape index (κ1) is 17.4. The van der Waals surface area contributed by atoms with Crippen LogP contribution in [0, 0.1) is 18.7 Å². The van der Waals surface area contributed by atoms with E-state index in [0.29, 0.717) is 38.1 Å². The second-order valence-corrected chi connectivity index (χ2v) is 6.69. The van der Waals surface area contributed by atoms with E-state index in [1.807, 2.05) is 23.6 Å². The van der Waals surface area contributed by atoms with Crippen LogP contribution in [0.3, 0.4) is 0 Å². The smallest absolute Gasteiger partial charge is 0.318 e. The summed E-state index contributed by atoms with van der Waals surface area (Å²) in [6.07, 6.45) is 0. The molecule has 1 amide bonds. The molecule has 0 N–H and O–H groups in total. The molecule has 1 aromatic heterocycles. The van der Waals surface area contributed by atoms with E-state index >= 15 is 0 Å². The summed E-state index contributed by atoms with van der Waals surface area (Å²) in [6, 6.07) is 6.73. The number of hydrogen-bond donors (Lipinski definition) is 0. The van der Waals surface area contributed by atoms with E-state index in [4.69, 9.17) is 4.42 Å². The average molecular weight is 346 g/mol. The maximum absolute atomic E-state index is 13.2. The SMILES string of the molecule is Cc1nnc(N2CCN(C(=O)C(c3ccc(F)cc3)C(C)C)CC2)o1. The Bertz CT molecular complexity index is 721. The minimum Gasteiger partial charge on any atom is -0.408 e. The highest BCUT2D eigenvalue weighted by Crippen LogP contribution is 2.28. The average Bonchev–Trinajstić information content (AvgIpc) is 3.03. The van der Waals surface area contributed by atoms with Crippen LogP contribution >= 0.6 is 0 Å². The van der Waals surface area contributed by atoms with Gasteiger partial charge in [-0.05, 0) is 23.6 Å². The predicted molar refractivity (Wildman–Crippen MR) is 91.8 cm³/mol. The van der Waals surface area contributed by atoms with E-state index in [0.717, 1.165) is 5.56 Å². The number of carbonyl (C=O) groups is 1. The number of anilines is 1. The normalized spacial score (nSPS) is 16.4. The Morgan fingerprint density at radius 2 is 1.76 bits per heavy atom. The fourth-order valence-electron chi connectivity index (χ4n) is 3.21. The van der Waals surface area contributed by atoms with E-state index in [-0.39, 0.29) is 23.6 Å². The summed E-state index contributed by atoms with van der Waals surface area (Å²) < 4.78 is 18.6. The zero-order chi connectivity index (χ0) is 18.0. The Kier molecular flexibility index (Phi) is 5.01. The van der Waals surface area contributed by atoms with Gasteiger partial charge < -0.3 is 14.2 Å². The van der Waals surface area contributed by atoms with E-state index in [2.05, 4.69) is 10.2 Å². The van der Waals surface area contributed by atoms with Crippen LogP contribution < -0.4 is 4.90 Å². The second-order valence-electron chi connectivity index (χ2n) is 6.69. The van der Waals surface area contributed by atoms with E-state index in [9.17, 15) is 9.18 Å². The summed E-state index contributed by atoms with van der Waals surface area (Å²) in [5.74, 6) is 0.196. The number of amides is 1. The minimum absolute atomic E-state index is 0.0861. The number of hydrogen-bond acceptors (Lipinski definition) is 5. The topological polar surface area (TPSA) is 62.5 Å². The van der Waals surface area contributed by atoms with Gasteiger partial charge in [-0.2, -0.15) is 0 Å². The van der Waals surface area contributed by atoms with Crippen LogP contribution in [-0.2, 0) is 4.79 Å². The molecule has 25 heavy (non-hydrogen) atoms. The van der Waals surface area contributed by atoms with Crippen molar-refractivity contribution < 1.29 is 13.6 Å². The van der Waals surface area contributed by atoms with Crippen molar-refractivity contribution in [3.63, 3.8) is 0 Å². The van der Waals surface area contributed by atoms with Crippen LogP contribution in [0.4, 0.5) is 10.4 Å². The molecule has 1 unspecified atom stereocenters. The highest BCUT2D eigenvalue weighted by Gasteiger charge is 2.31. The van der Waals surface area contributed by atoms with E-state index in [1.54, 1.807) is 19.1 Å². The van der Waals surface area contributed by atoms with Crippen molar-refractivity contribution in [2.75, 3.05) is 31.1 Å². The van der Waals surface area contributed by atoms with Gasteiger partial charge in [0.05, 0.1) is 5.92 Å². The molecule has 3 rings (SSSR count). The fourth-order valence-corrected chi connectivity index (χ4v) is 3.21. The van der Waals surface area contributed by atoms with Gasteiger partial charge in [-0.25, -0.2) is 4.39 Å². The molecule has 2 aromatic rings. The third-order valence-electron chi connectivity index (χ3n) is 4.54. The van der Waals surface area contributed by atoms with Gasteiger partial charge in [0.25, 0.3) is 0 Å². The summed E-state index contributed by atoms with van der Waals surface area (Å²) in [7, 11) is 0. The molecule has 1 aliphatic heterocycles. The fraction of sp³-hybridized carbons (Fsp3) is 0.500. The third-order valence-corrected chi connectivity index (χ3v) is 4.54. The number of nitrogens with zero attached hydrogens (tertiary/aromatic N) is 4. The molecule has 7 heteroatoms. The van der Waals surface area contributed by atoms with Gasteiger partial charge in [-0.1, -0.05) is 31.1 Å². The third kappa shape index (κ3) is 3.81. The van der Waals surface area contributed by atoms with Gasteiger partial charge in [-0.3, -0.25) is 4.79 Å². The predicted octanol–water partition coefficient (Wildman–Crippen LogP) is 2.61. The number of halogens is 1. The Morgan fingerprint density at radius 3 is 2.28 bits per heavy atom. The lowest BCUT2D eigenvalue weighted by molar-refractivity contribution is -0.134. The maximum atomic E-state index is 13.2. The largest absolute Gasteiger partial charge is 0.408 e. The first-order valence-corrected chi connectivity index (χ1v) is 8.55. The number of aryl methyl sites for hydroxylation is 1. The van der Waals surface area contributed by atoms with Gasteiger partial charge >= 0.3 is 6.01 Å². The second kappa shape index (κ2) is 7.21. The molecule has 1 aliphatic rings. The quantitative estimate of drug-likeness (QED) is 0.851. The monoisotopic (exact) mass is 346 g/mol. The highest BCUT2D eigenvalue weighted by molar-refractivity contribution is 5.84. The molecule has 6 nitrogen and oxygen atoms in total. The Hall–Kier alpha value is -2.44. The summed E-state index contributed by atoms with van der Waals surface area (Å²) in [5, 5.41) is 7.87. The van der Waals surface area contributed by atoms with Gasteiger partial charge in [0, 0.05) is 33.1 Å². The van der Waals surface area contributed by atoms with Crippen molar-refractivity contribution >= 4 is 11.9 Å². The molecule has 0 bridgehead atoms. The van der Waals surface area contributed by atoms with Crippen molar-refractivity contribution in [1.29, 1.82) is 0 Å². The first-order valence-electron chi connectivity index (χ1n) is 8.55. The first-order chi connectivity index (χ1) is 12.0. The molecule has 1 atom stereocenters. The maximum Gasteiger partial charge on any atom is 0.318 e. The van der Waals surface area contributed by atoms with Crippen LogP contribution in [0.15, 0.2) is 28.7 Å². The standard InChI is InChI=1S/C18H23FN4O2/c1-12(2)16(14-4-6-15(19)7-5-14)17(24)22-8-10-23(11-9-22)18-21-20-13(3)25-18/h4-7,12,16H,8-11H2,1-3H3. The number of benzene rings is 1. The lowest BCUT2D eigenvalue weighted by Gasteiger charge is -2.36. The number of carbonyl (C=O) groups excluding carboxylic acids is 1. The minimum atomic E-state index is -0.290. The summed E-state index contributed by atoms with van der Waals surface area (Å²) >= 11 is 0. The van der Waals surface area contributed by atoms with Crippen molar-refractivity contribution in [3.8, 4) is 0 Å². The number of aromatic nitrogens is 2. The molecule has 2 heterocycles. The van der Waals surface area contributed by atoms with Gasteiger partial charge in [0.2, 0.25) is 11.8 Å². The molecular weight excluding hydrogens is 323 g/mol. The van der Waals surface area contributed by atoms with Crippen molar-refractivity contribution in [1.82, 2.24) is 15.1 Å². The molecule has 1 fully saturated rings. The van der Waals surface area contributed by atoms with Crippen LogP contribution in [0.2, 0.25) is 0 Å². The summed E-state index contributed by atoms with van der Waals surface area (Å²) in [6.45, 7) is 8.30. The highest BCUT2D eigenvalue weighted by atomic mass is 19.1. The lowest BCUT2D eigenvalue weighted by Crippen LogP contribution is -2.50. The Morgan fingerprint density at radius 1 is 1.12 bits per heavy atom. The molecule has 0 spiro atoms. The Labute approximate surface area is 146 Å². The molecule has 0 radical (unpaired) electrons. The molecule has 1 saturated heterocycles. The van der Waals surface area contributed by atoms with E-state index < -0.39 is 0 Å². The Balaban J connectivity index is 1.68. The zero-order valence-corrected chi connectivity index (χ0v) is 14.8. The molecule has 0 saturated carbocycles. The van der Waals surface area contributed by atoms with Gasteiger partial charge in [0.1, 0.15) is 5.82 Å². The van der Waals surface area contributed by atoms with Gasteiger partial charge in [0.15, 0.2) is 0 Å². The molecular formula is C18H23FN4O2. The molecule has 134 valence electrons. The number of rotatable bonds is 4. The summed E-state index contributed by atoms with van der Waals surface area (Å²) in [5.41, 5.74) is 0.858. The van der Waals surface area contributed by atoms with Crippen molar-refractivity contribution in [2.24, 2.45) is 5.92 Å². The van der Waals surface area contributed by atoms with E-state index in [1.165, 1.54) is 12.1 Å². The van der Waals surface area contributed by atoms with Crippen molar-refractivity contribution in [2.45, 2.75) is 26.7 Å². The van der Waals surface area contributed by atoms with Crippen molar-refractivity contribution in [3.05, 3.63) is 41.5 Å². The van der Waals surface area contributed by atoms with Crippen LogP contribution in [-0.4, -0.2) is 47.2 Å². The zero-order valence-electron chi connectivity index (χ0n) is 14.8. The van der Waals surface area contributed by atoms with Crippen LogP contribution in [0.5, 0.6) is 0 Å². The van der Waals surface area contributed by atoms with Crippen LogP contribution in [0.1, 0.15) is 31.2 Å². The molecule has 0 aliphatic carbocycles. The van der Waals surface area contributed by atoms with Crippen LogP contribution in [0.25, 0.3) is 0 Å². The lowest BCUT2D eigenvalue weighted by atomic mass is 9.87. The molecule has 1 aromatic carbocycles. The number of piperazine rings is 1. The van der Waals surface area contributed by atoms with Gasteiger partial charge in [-0.15, -0.1) is 5.10 Å².